The summed E-state index contributed by atoms with van der Waals surface area (Å²) in [5.41, 5.74) is 5.08. The number of esters is 1. The molecule has 0 saturated carbocycles. The Morgan fingerprint density at radius 3 is 2.50 bits per heavy atom. The molecule has 1 atom stereocenters. The molecule has 1 unspecified atom stereocenters. The second-order valence-electron chi connectivity index (χ2n) is 10.1. The lowest BCUT2D eigenvalue weighted by molar-refractivity contribution is -0.119. The van der Waals surface area contributed by atoms with Gasteiger partial charge in [-0.3, -0.25) is 9.59 Å². The first-order valence-corrected chi connectivity index (χ1v) is 13.2. The van der Waals surface area contributed by atoms with Gasteiger partial charge in [0.1, 0.15) is 0 Å². The molecule has 9 nitrogen and oxygen atoms in total. The van der Waals surface area contributed by atoms with E-state index in [1.54, 1.807) is 30.1 Å². The maximum absolute atomic E-state index is 13.2. The van der Waals surface area contributed by atoms with Gasteiger partial charge < -0.3 is 30.5 Å². The van der Waals surface area contributed by atoms with E-state index in [1.807, 2.05) is 54.6 Å². The summed E-state index contributed by atoms with van der Waals surface area (Å²) in [6, 6.07) is 22.3. The molecule has 3 aromatic carbocycles. The van der Waals surface area contributed by atoms with Crippen LogP contribution in [0.2, 0.25) is 0 Å². The average Bonchev–Trinajstić information content (AvgIpc) is 3.30. The Hall–Kier alpha value is -4.47. The van der Waals surface area contributed by atoms with Gasteiger partial charge >= 0.3 is 5.97 Å². The van der Waals surface area contributed by atoms with E-state index in [0.717, 1.165) is 36.6 Å². The van der Waals surface area contributed by atoms with Crippen LogP contribution in [0.1, 0.15) is 27.9 Å². The number of ether oxygens (including phenoxy) is 1. The van der Waals surface area contributed by atoms with Crippen LogP contribution in [0, 0.1) is 0 Å². The molecule has 2 heterocycles. The van der Waals surface area contributed by atoms with Crippen LogP contribution in [0.15, 0.2) is 72.8 Å². The Morgan fingerprint density at radius 1 is 1.05 bits per heavy atom. The van der Waals surface area contributed by atoms with Crippen molar-refractivity contribution in [1.82, 2.24) is 10.2 Å². The molecule has 5 rings (SSSR count). The zero-order valence-electron chi connectivity index (χ0n) is 22.9. The summed E-state index contributed by atoms with van der Waals surface area (Å²) in [5.74, 6) is -0.694. The zero-order valence-corrected chi connectivity index (χ0v) is 22.9. The van der Waals surface area contributed by atoms with Gasteiger partial charge in [0.15, 0.2) is 0 Å². The number of benzene rings is 3. The molecule has 40 heavy (non-hydrogen) atoms. The molecule has 0 radical (unpaired) electrons. The smallest absolute Gasteiger partial charge is 0.337 e. The summed E-state index contributed by atoms with van der Waals surface area (Å²) in [6.45, 7) is 2.71. The molecule has 0 bridgehead atoms. The number of likely N-dealkylation sites (N-methyl/N-ethyl adjacent to an activating group) is 1. The van der Waals surface area contributed by atoms with Crippen LogP contribution < -0.4 is 20.9 Å². The molecule has 2 amide bonds. The lowest BCUT2D eigenvalue weighted by Gasteiger charge is -2.31. The largest absolute Gasteiger partial charge is 0.465 e. The summed E-state index contributed by atoms with van der Waals surface area (Å²) in [7, 11) is 5.18. The number of carbonyl (C=O) groups is 3. The second-order valence-corrected chi connectivity index (χ2v) is 10.1. The summed E-state index contributed by atoms with van der Waals surface area (Å²) >= 11 is 0. The van der Waals surface area contributed by atoms with Crippen LogP contribution in [0.5, 0.6) is 0 Å². The van der Waals surface area contributed by atoms with Gasteiger partial charge in [0.2, 0.25) is 5.91 Å². The van der Waals surface area contributed by atoms with Gasteiger partial charge in [0.25, 0.3) is 5.91 Å². The van der Waals surface area contributed by atoms with E-state index < -0.39 is 5.97 Å². The number of nitrogens with one attached hydrogen (secondary N) is 3. The van der Waals surface area contributed by atoms with Crippen molar-refractivity contribution in [3.63, 3.8) is 0 Å². The van der Waals surface area contributed by atoms with Crippen molar-refractivity contribution in [3.05, 3.63) is 89.5 Å². The first-order valence-electron chi connectivity index (χ1n) is 13.2. The first kappa shape index (κ1) is 27.1. The number of hydrogen-bond acceptors (Lipinski definition) is 7. The predicted molar refractivity (Wildman–Crippen MR) is 157 cm³/mol. The minimum Gasteiger partial charge on any atom is -0.465 e. The number of methoxy groups -OCH3 is 1. The molecule has 206 valence electrons. The molecular weight excluding hydrogens is 506 g/mol. The summed E-state index contributed by atoms with van der Waals surface area (Å²) in [4.78, 5) is 42.1. The maximum atomic E-state index is 13.2. The fourth-order valence-electron chi connectivity index (χ4n) is 5.08. The first-order chi connectivity index (χ1) is 19.3. The van der Waals surface area contributed by atoms with E-state index in [2.05, 4.69) is 27.9 Å². The van der Waals surface area contributed by atoms with Gasteiger partial charge in [0.05, 0.1) is 29.6 Å². The predicted octanol–water partition coefficient (Wildman–Crippen LogP) is 3.66. The Labute approximate surface area is 233 Å². The number of hydrogen-bond donors (Lipinski definition) is 3. The molecule has 0 aliphatic carbocycles. The summed E-state index contributed by atoms with van der Waals surface area (Å²) in [6.07, 6.45) is 0.428. The molecule has 9 heteroatoms. The standard InChI is InChI=1S/C31H33N5O4/c1-35-16-15-32-23(19-35)18-27(37)36(2)24-12-10-22(11-13-24)33-29(20-7-5-4-6-8-20)28-25-14-9-21(31(39)40-3)17-26(25)34-30(28)38/h4-14,17,23,32-33H,15-16,18-19H2,1-3H3,(H,34,38)/b29-28-. The van der Waals surface area contributed by atoms with E-state index in [0.29, 0.717) is 34.5 Å². The number of rotatable bonds is 7. The molecule has 0 aromatic heterocycles. The number of fused-ring (bicyclic) bond motifs is 1. The molecular formula is C31H33N5O4. The van der Waals surface area contributed by atoms with Gasteiger partial charge in [-0.15, -0.1) is 0 Å². The molecule has 0 spiro atoms. The van der Waals surface area contributed by atoms with E-state index >= 15 is 0 Å². The summed E-state index contributed by atoms with van der Waals surface area (Å²) in [5, 5.41) is 9.73. The van der Waals surface area contributed by atoms with Crippen LogP contribution in [0.3, 0.4) is 0 Å². The zero-order chi connectivity index (χ0) is 28.2. The highest BCUT2D eigenvalue weighted by atomic mass is 16.5. The average molecular weight is 540 g/mol. The minimum absolute atomic E-state index is 0.0474. The van der Waals surface area contributed by atoms with E-state index in [1.165, 1.54) is 7.11 Å². The fourth-order valence-corrected chi connectivity index (χ4v) is 5.08. The second kappa shape index (κ2) is 11.7. The molecule has 3 N–H and O–H groups in total. The number of piperazine rings is 1. The number of carbonyl (C=O) groups excluding carboxylic acids is 3. The topological polar surface area (TPSA) is 103 Å². The SMILES string of the molecule is COC(=O)c1ccc2c(c1)NC(=O)/C2=C(\Nc1ccc(N(C)C(=O)CC2CN(C)CCN2)cc1)c1ccccc1. The van der Waals surface area contributed by atoms with Gasteiger partial charge in [-0.05, 0) is 49.0 Å². The maximum Gasteiger partial charge on any atom is 0.337 e. The van der Waals surface area contributed by atoms with Crippen molar-refractivity contribution >= 4 is 46.1 Å². The van der Waals surface area contributed by atoms with Crippen molar-refractivity contribution in [2.75, 3.05) is 56.4 Å². The van der Waals surface area contributed by atoms with Gasteiger partial charge in [-0.2, -0.15) is 0 Å². The Bertz CT molecular complexity index is 1450. The van der Waals surface area contributed by atoms with Crippen LogP contribution in [0.4, 0.5) is 17.1 Å². The van der Waals surface area contributed by atoms with Gasteiger partial charge in [-0.1, -0.05) is 36.4 Å². The number of nitrogens with zero attached hydrogens (tertiary/aromatic N) is 2. The van der Waals surface area contributed by atoms with Crippen molar-refractivity contribution in [2.45, 2.75) is 12.5 Å². The van der Waals surface area contributed by atoms with Gasteiger partial charge in [0, 0.05) is 56.1 Å². The number of anilines is 3. The summed E-state index contributed by atoms with van der Waals surface area (Å²) < 4.78 is 4.82. The lowest BCUT2D eigenvalue weighted by atomic mass is 9.99. The van der Waals surface area contributed by atoms with E-state index in [9.17, 15) is 14.4 Å². The Morgan fingerprint density at radius 2 is 1.80 bits per heavy atom. The van der Waals surface area contributed by atoms with Crippen LogP contribution in [-0.2, 0) is 14.3 Å². The van der Waals surface area contributed by atoms with Crippen molar-refractivity contribution in [1.29, 1.82) is 0 Å². The Balaban J connectivity index is 1.40. The van der Waals surface area contributed by atoms with Crippen LogP contribution in [0.25, 0.3) is 11.3 Å². The van der Waals surface area contributed by atoms with Gasteiger partial charge in [-0.25, -0.2) is 4.79 Å². The normalized spacial score (nSPS) is 18.0. The molecule has 3 aromatic rings. The highest BCUT2D eigenvalue weighted by molar-refractivity contribution is 6.37. The third-order valence-electron chi connectivity index (χ3n) is 7.28. The van der Waals surface area contributed by atoms with Crippen LogP contribution in [-0.4, -0.2) is 69.6 Å². The highest BCUT2D eigenvalue weighted by Gasteiger charge is 2.29. The van der Waals surface area contributed by atoms with E-state index in [-0.39, 0.29) is 17.9 Å². The highest BCUT2D eigenvalue weighted by Crippen LogP contribution is 2.38. The van der Waals surface area contributed by atoms with E-state index in [4.69, 9.17) is 4.74 Å². The van der Waals surface area contributed by atoms with Crippen molar-refractivity contribution in [2.24, 2.45) is 0 Å². The third-order valence-corrected chi connectivity index (χ3v) is 7.28. The van der Waals surface area contributed by atoms with Crippen molar-refractivity contribution in [3.8, 4) is 0 Å². The minimum atomic E-state index is -0.471. The monoisotopic (exact) mass is 539 g/mol. The third kappa shape index (κ3) is 5.75. The fraction of sp³-hybridized carbons (Fsp3) is 0.258. The quantitative estimate of drug-likeness (QED) is 0.311. The Kier molecular flexibility index (Phi) is 7.95. The molecule has 2 aliphatic rings. The molecule has 1 fully saturated rings. The van der Waals surface area contributed by atoms with Crippen molar-refractivity contribution < 1.29 is 19.1 Å². The number of amides is 2. The lowest BCUT2D eigenvalue weighted by Crippen LogP contribution is -2.50. The van der Waals surface area contributed by atoms with Crippen LogP contribution >= 0.6 is 0 Å². The molecule has 2 aliphatic heterocycles. The molecule has 1 saturated heterocycles.